The van der Waals surface area contributed by atoms with E-state index in [1.165, 1.54) is 14.2 Å². The highest BCUT2D eigenvalue weighted by Gasteiger charge is 2.15. The SMILES string of the molecule is COC(=O)c1cnn(C)c1F. The Labute approximate surface area is 62.6 Å². The van der Waals surface area contributed by atoms with Crippen LogP contribution in [0.5, 0.6) is 0 Å². The predicted molar refractivity (Wildman–Crippen MR) is 34.5 cm³/mol. The van der Waals surface area contributed by atoms with Crippen LogP contribution in [-0.2, 0) is 11.8 Å². The molecule has 0 aromatic carbocycles. The monoisotopic (exact) mass is 158 g/mol. The van der Waals surface area contributed by atoms with Crippen LogP contribution < -0.4 is 0 Å². The molecule has 0 aliphatic rings. The first kappa shape index (κ1) is 7.71. The second-order valence-corrected chi connectivity index (χ2v) is 1.96. The Kier molecular flexibility index (Phi) is 1.89. The summed E-state index contributed by atoms with van der Waals surface area (Å²) in [6, 6.07) is 0. The highest BCUT2D eigenvalue weighted by Crippen LogP contribution is 2.05. The largest absolute Gasteiger partial charge is 0.465 e. The van der Waals surface area contributed by atoms with Gasteiger partial charge in [-0.05, 0) is 0 Å². The molecule has 0 saturated carbocycles. The van der Waals surface area contributed by atoms with Gasteiger partial charge >= 0.3 is 5.97 Å². The van der Waals surface area contributed by atoms with Crippen molar-refractivity contribution in [3.05, 3.63) is 17.7 Å². The highest BCUT2D eigenvalue weighted by atomic mass is 19.1. The molecule has 0 aliphatic carbocycles. The van der Waals surface area contributed by atoms with E-state index in [0.29, 0.717) is 0 Å². The summed E-state index contributed by atoms with van der Waals surface area (Å²) < 4.78 is 18.1. The molecule has 0 N–H and O–H groups in total. The smallest absolute Gasteiger partial charge is 0.344 e. The molecule has 0 amide bonds. The maximum absolute atomic E-state index is 12.8. The number of esters is 1. The van der Waals surface area contributed by atoms with E-state index in [-0.39, 0.29) is 5.56 Å². The lowest BCUT2D eigenvalue weighted by Crippen LogP contribution is -2.04. The number of aryl methyl sites for hydroxylation is 1. The van der Waals surface area contributed by atoms with Crippen molar-refractivity contribution >= 4 is 5.97 Å². The van der Waals surface area contributed by atoms with Crippen LogP contribution in [0.2, 0.25) is 0 Å². The van der Waals surface area contributed by atoms with Crippen LogP contribution >= 0.6 is 0 Å². The number of nitrogens with zero attached hydrogens (tertiary/aromatic N) is 2. The molecule has 0 bridgehead atoms. The van der Waals surface area contributed by atoms with Gasteiger partial charge in [-0.1, -0.05) is 0 Å². The molecule has 60 valence electrons. The third-order valence-corrected chi connectivity index (χ3v) is 1.27. The molecule has 1 rings (SSSR count). The summed E-state index contributed by atoms with van der Waals surface area (Å²) >= 11 is 0. The molecule has 1 aromatic heterocycles. The lowest BCUT2D eigenvalue weighted by molar-refractivity contribution is 0.0595. The number of carbonyl (C=O) groups excluding carboxylic acids is 1. The number of rotatable bonds is 1. The van der Waals surface area contributed by atoms with Gasteiger partial charge in [-0.15, -0.1) is 0 Å². The normalized spacial score (nSPS) is 9.73. The van der Waals surface area contributed by atoms with Gasteiger partial charge in [-0.3, -0.25) is 0 Å². The van der Waals surface area contributed by atoms with E-state index in [4.69, 9.17) is 0 Å². The maximum Gasteiger partial charge on any atom is 0.344 e. The zero-order valence-electron chi connectivity index (χ0n) is 6.17. The van der Waals surface area contributed by atoms with Gasteiger partial charge in [0.25, 0.3) is 0 Å². The van der Waals surface area contributed by atoms with E-state index in [1.807, 2.05) is 0 Å². The Balaban J connectivity index is 3.04. The fourth-order valence-corrected chi connectivity index (χ4v) is 0.669. The minimum Gasteiger partial charge on any atom is -0.465 e. The molecule has 0 saturated heterocycles. The molecular formula is C6H7FN2O2. The van der Waals surface area contributed by atoms with Crippen LogP contribution in [0.25, 0.3) is 0 Å². The van der Waals surface area contributed by atoms with Gasteiger partial charge in [0.15, 0.2) is 0 Å². The molecule has 1 heterocycles. The number of methoxy groups -OCH3 is 1. The van der Waals surface area contributed by atoms with Crippen molar-refractivity contribution in [3.8, 4) is 0 Å². The van der Waals surface area contributed by atoms with Gasteiger partial charge in [-0.2, -0.15) is 9.49 Å². The molecule has 4 nitrogen and oxygen atoms in total. The second-order valence-electron chi connectivity index (χ2n) is 1.96. The molecule has 0 radical (unpaired) electrons. The summed E-state index contributed by atoms with van der Waals surface area (Å²) in [6.45, 7) is 0. The fraction of sp³-hybridized carbons (Fsp3) is 0.333. The van der Waals surface area contributed by atoms with E-state index in [1.54, 1.807) is 0 Å². The van der Waals surface area contributed by atoms with Crippen LogP contribution in [0, 0.1) is 5.95 Å². The minimum absolute atomic E-state index is 0.144. The standard InChI is InChI=1S/C6H7FN2O2/c1-9-5(7)4(3-8-9)6(10)11-2/h3H,1-2H3. The summed E-state index contributed by atoms with van der Waals surface area (Å²) in [5.74, 6) is -1.40. The number of halogens is 1. The van der Waals surface area contributed by atoms with Gasteiger partial charge in [0.05, 0.1) is 13.3 Å². The molecule has 11 heavy (non-hydrogen) atoms. The number of aromatic nitrogens is 2. The molecule has 5 heteroatoms. The van der Waals surface area contributed by atoms with E-state index in [0.717, 1.165) is 10.9 Å². The Morgan fingerprint density at radius 3 is 2.82 bits per heavy atom. The van der Waals surface area contributed by atoms with Crippen LogP contribution in [0.15, 0.2) is 6.20 Å². The van der Waals surface area contributed by atoms with Crippen LogP contribution in [0.3, 0.4) is 0 Å². The Bertz CT molecular complexity index is 282. The summed E-state index contributed by atoms with van der Waals surface area (Å²) in [5.41, 5.74) is -0.144. The Morgan fingerprint density at radius 1 is 1.82 bits per heavy atom. The van der Waals surface area contributed by atoms with E-state index in [9.17, 15) is 9.18 Å². The minimum atomic E-state index is -0.712. The fourth-order valence-electron chi connectivity index (χ4n) is 0.669. The number of ether oxygens (including phenoxy) is 1. The van der Waals surface area contributed by atoms with Crippen LogP contribution in [-0.4, -0.2) is 22.9 Å². The zero-order valence-corrected chi connectivity index (χ0v) is 6.17. The third kappa shape index (κ3) is 1.21. The molecule has 0 atom stereocenters. The number of hydrogen-bond donors (Lipinski definition) is 0. The molecule has 0 spiro atoms. The van der Waals surface area contributed by atoms with E-state index < -0.39 is 11.9 Å². The number of hydrogen-bond acceptors (Lipinski definition) is 3. The summed E-state index contributed by atoms with van der Waals surface area (Å²) in [7, 11) is 2.59. The summed E-state index contributed by atoms with van der Waals surface area (Å²) in [6.07, 6.45) is 1.13. The maximum atomic E-state index is 12.8. The van der Waals surface area contributed by atoms with Gasteiger partial charge in [0, 0.05) is 7.05 Å². The van der Waals surface area contributed by atoms with Crippen molar-refractivity contribution < 1.29 is 13.9 Å². The Hall–Kier alpha value is -1.39. The Morgan fingerprint density at radius 2 is 2.45 bits per heavy atom. The number of carbonyl (C=O) groups is 1. The quantitative estimate of drug-likeness (QED) is 0.554. The molecule has 1 aromatic rings. The van der Waals surface area contributed by atoms with Crippen molar-refractivity contribution in [3.63, 3.8) is 0 Å². The van der Waals surface area contributed by atoms with E-state index >= 15 is 0 Å². The second kappa shape index (κ2) is 2.69. The van der Waals surface area contributed by atoms with Gasteiger partial charge in [0.2, 0.25) is 5.95 Å². The first-order valence-electron chi connectivity index (χ1n) is 2.92. The molecule has 0 unspecified atom stereocenters. The lowest BCUT2D eigenvalue weighted by Gasteiger charge is -1.93. The third-order valence-electron chi connectivity index (χ3n) is 1.27. The van der Waals surface area contributed by atoms with Crippen molar-refractivity contribution in [1.82, 2.24) is 9.78 Å². The van der Waals surface area contributed by atoms with Crippen molar-refractivity contribution in [1.29, 1.82) is 0 Å². The molecule has 0 aliphatic heterocycles. The van der Waals surface area contributed by atoms with Gasteiger partial charge in [0.1, 0.15) is 5.56 Å². The lowest BCUT2D eigenvalue weighted by atomic mass is 10.4. The van der Waals surface area contributed by atoms with Gasteiger partial charge < -0.3 is 4.74 Å². The average Bonchev–Trinajstić information content (AvgIpc) is 2.32. The average molecular weight is 158 g/mol. The van der Waals surface area contributed by atoms with Crippen molar-refractivity contribution in [2.45, 2.75) is 0 Å². The van der Waals surface area contributed by atoms with Crippen molar-refractivity contribution in [2.24, 2.45) is 7.05 Å². The van der Waals surface area contributed by atoms with Crippen LogP contribution in [0.4, 0.5) is 4.39 Å². The first-order chi connectivity index (χ1) is 5.16. The van der Waals surface area contributed by atoms with E-state index in [2.05, 4.69) is 9.84 Å². The molecular weight excluding hydrogens is 151 g/mol. The topological polar surface area (TPSA) is 44.1 Å². The predicted octanol–water partition coefficient (Wildman–Crippen LogP) is 0.346. The van der Waals surface area contributed by atoms with Crippen molar-refractivity contribution in [2.75, 3.05) is 7.11 Å². The highest BCUT2D eigenvalue weighted by molar-refractivity contribution is 5.88. The molecule has 0 fully saturated rings. The first-order valence-corrected chi connectivity index (χ1v) is 2.92. The summed E-state index contributed by atoms with van der Waals surface area (Å²) in [4.78, 5) is 10.7. The van der Waals surface area contributed by atoms with Crippen LogP contribution in [0.1, 0.15) is 10.4 Å². The van der Waals surface area contributed by atoms with Gasteiger partial charge in [-0.25, -0.2) is 9.48 Å². The summed E-state index contributed by atoms with van der Waals surface area (Å²) in [5, 5.41) is 3.53. The zero-order chi connectivity index (χ0) is 8.43.